The normalized spacial score (nSPS) is 16.2. The van der Waals surface area contributed by atoms with E-state index in [1.807, 2.05) is 30.3 Å². The topological polar surface area (TPSA) is 102 Å². The van der Waals surface area contributed by atoms with Crippen molar-refractivity contribution in [3.63, 3.8) is 0 Å². The maximum Gasteiger partial charge on any atom is 0.329 e. The van der Waals surface area contributed by atoms with E-state index in [0.29, 0.717) is 24.9 Å². The Kier molecular flexibility index (Phi) is 5.95. The van der Waals surface area contributed by atoms with Crippen molar-refractivity contribution < 1.29 is 23.8 Å². The van der Waals surface area contributed by atoms with Crippen molar-refractivity contribution in [2.75, 3.05) is 19.0 Å². The molecule has 3 rings (SSSR count). The standard InChI is InChI=1S/C18H20N2O5S/c21-15(20-18(17(22)23)6-8-24-9-7-18)12-26-11-14-10-25-16(19-14)13-4-2-1-3-5-13/h1-5,10H,6-9,11-12H2,(H,20,21)(H,22,23). The molecule has 1 aromatic heterocycles. The zero-order chi connectivity index (χ0) is 18.4. The number of carboxylic acids is 1. The van der Waals surface area contributed by atoms with Gasteiger partial charge < -0.3 is 19.6 Å². The summed E-state index contributed by atoms with van der Waals surface area (Å²) in [5, 5.41) is 12.1. The molecule has 0 bridgehead atoms. The van der Waals surface area contributed by atoms with Gasteiger partial charge in [-0.25, -0.2) is 9.78 Å². The van der Waals surface area contributed by atoms with Crippen LogP contribution in [0.1, 0.15) is 18.5 Å². The number of carbonyl (C=O) groups is 2. The predicted molar refractivity (Wildman–Crippen MR) is 96.7 cm³/mol. The first kappa shape index (κ1) is 18.5. The van der Waals surface area contributed by atoms with Gasteiger partial charge in [0, 0.05) is 37.4 Å². The number of thioether (sulfide) groups is 1. The number of carbonyl (C=O) groups excluding carboxylic acids is 1. The number of rotatable bonds is 7. The molecule has 0 spiro atoms. The number of hydrogen-bond acceptors (Lipinski definition) is 6. The molecule has 1 aliphatic rings. The first-order chi connectivity index (χ1) is 12.6. The number of carboxylic acid groups (broad SMARTS) is 1. The Morgan fingerprint density at radius 2 is 1.96 bits per heavy atom. The lowest BCUT2D eigenvalue weighted by atomic mass is 9.90. The molecule has 2 N–H and O–H groups in total. The molecule has 8 heteroatoms. The van der Waals surface area contributed by atoms with Gasteiger partial charge in [0.05, 0.1) is 11.4 Å². The Balaban J connectivity index is 1.49. The van der Waals surface area contributed by atoms with E-state index in [9.17, 15) is 14.7 Å². The summed E-state index contributed by atoms with van der Waals surface area (Å²) in [6.07, 6.45) is 2.13. The maximum atomic E-state index is 12.2. The van der Waals surface area contributed by atoms with Gasteiger partial charge in [-0.2, -0.15) is 0 Å². The molecule has 26 heavy (non-hydrogen) atoms. The Labute approximate surface area is 155 Å². The zero-order valence-electron chi connectivity index (χ0n) is 14.1. The van der Waals surface area contributed by atoms with Crippen LogP contribution in [0.3, 0.4) is 0 Å². The molecular formula is C18H20N2O5S. The monoisotopic (exact) mass is 376 g/mol. The highest BCUT2D eigenvalue weighted by molar-refractivity contribution is 7.99. The number of oxazole rings is 1. The van der Waals surface area contributed by atoms with E-state index in [0.717, 1.165) is 11.3 Å². The van der Waals surface area contributed by atoms with E-state index in [1.165, 1.54) is 11.8 Å². The Bertz CT molecular complexity index is 756. The van der Waals surface area contributed by atoms with Crippen molar-refractivity contribution in [3.05, 3.63) is 42.3 Å². The van der Waals surface area contributed by atoms with Gasteiger partial charge in [-0.05, 0) is 12.1 Å². The average Bonchev–Trinajstić information content (AvgIpc) is 3.12. The molecule has 2 heterocycles. The quantitative estimate of drug-likeness (QED) is 0.764. The number of benzene rings is 1. The molecule has 2 aromatic rings. The zero-order valence-corrected chi connectivity index (χ0v) is 15.0. The van der Waals surface area contributed by atoms with E-state index in [4.69, 9.17) is 9.15 Å². The Morgan fingerprint density at radius 1 is 1.23 bits per heavy atom. The smallest absolute Gasteiger partial charge is 0.329 e. The van der Waals surface area contributed by atoms with E-state index < -0.39 is 11.5 Å². The van der Waals surface area contributed by atoms with Crippen LogP contribution in [0.2, 0.25) is 0 Å². The van der Waals surface area contributed by atoms with Crippen molar-refractivity contribution in [1.82, 2.24) is 10.3 Å². The largest absolute Gasteiger partial charge is 0.480 e. The molecule has 138 valence electrons. The number of amides is 1. The van der Waals surface area contributed by atoms with Crippen molar-refractivity contribution in [2.24, 2.45) is 0 Å². The lowest BCUT2D eigenvalue weighted by Crippen LogP contribution is -2.57. The van der Waals surface area contributed by atoms with Crippen LogP contribution in [-0.2, 0) is 20.1 Å². The van der Waals surface area contributed by atoms with Crippen LogP contribution in [0.25, 0.3) is 11.5 Å². The molecule has 1 aromatic carbocycles. The van der Waals surface area contributed by atoms with Gasteiger partial charge in [0.25, 0.3) is 0 Å². The van der Waals surface area contributed by atoms with Crippen molar-refractivity contribution in [3.8, 4) is 11.5 Å². The summed E-state index contributed by atoms with van der Waals surface area (Å²) in [5.74, 6) is -0.108. The molecule has 0 aliphatic carbocycles. The van der Waals surface area contributed by atoms with Crippen molar-refractivity contribution in [1.29, 1.82) is 0 Å². The lowest BCUT2D eigenvalue weighted by Gasteiger charge is -2.33. The fourth-order valence-electron chi connectivity index (χ4n) is 2.75. The highest BCUT2D eigenvalue weighted by Crippen LogP contribution is 2.23. The summed E-state index contributed by atoms with van der Waals surface area (Å²) in [4.78, 5) is 28.1. The van der Waals surface area contributed by atoms with Crippen LogP contribution in [0.4, 0.5) is 0 Å². The molecular weight excluding hydrogens is 356 g/mol. The fraction of sp³-hybridized carbons (Fsp3) is 0.389. The van der Waals surface area contributed by atoms with Crippen LogP contribution in [0, 0.1) is 0 Å². The van der Waals surface area contributed by atoms with E-state index in [1.54, 1.807) is 6.26 Å². The third-order valence-corrected chi connectivity index (χ3v) is 5.16. The highest BCUT2D eigenvalue weighted by Gasteiger charge is 2.41. The van der Waals surface area contributed by atoms with Gasteiger partial charge in [0.1, 0.15) is 11.8 Å². The van der Waals surface area contributed by atoms with Gasteiger partial charge in [-0.1, -0.05) is 18.2 Å². The molecule has 1 saturated heterocycles. The first-order valence-corrected chi connectivity index (χ1v) is 9.44. The second-order valence-corrected chi connectivity index (χ2v) is 7.04. The maximum absolute atomic E-state index is 12.2. The molecule has 1 fully saturated rings. The lowest BCUT2D eigenvalue weighted by molar-refractivity contribution is -0.151. The summed E-state index contributed by atoms with van der Waals surface area (Å²) in [5.41, 5.74) is 0.412. The minimum absolute atomic E-state index is 0.156. The molecule has 7 nitrogen and oxygen atoms in total. The van der Waals surface area contributed by atoms with Gasteiger partial charge >= 0.3 is 5.97 Å². The fourth-order valence-corrected chi connectivity index (χ4v) is 3.45. The predicted octanol–water partition coefficient (Wildman–Crippen LogP) is 2.32. The van der Waals surface area contributed by atoms with E-state index in [-0.39, 0.29) is 24.5 Å². The second kappa shape index (κ2) is 8.37. The van der Waals surface area contributed by atoms with Crippen molar-refractivity contribution >= 4 is 23.6 Å². The second-order valence-electron chi connectivity index (χ2n) is 6.05. The van der Waals surface area contributed by atoms with Crippen LogP contribution in [0.15, 0.2) is 41.0 Å². The van der Waals surface area contributed by atoms with Crippen LogP contribution in [-0.4, -0.2) is 46.5 Å². The molecule has 0 saturated carbocycles. The number of aliphatic carboxylic acids is 1. The first-order valence-electron chi connectivity index (χ1n) is 8.29. The average molecular weight is 376 g/mol. The van der Waals surface area contributed by atoms with E-state index in [2.05, 4.69) is 10.3 Å². The van der Waals surface area contributed by atoms with Crippen molar-refractivity contribution in [2.45, 2.75) is 24.1 Å². The molecule has 1 aliphatic heterocycles. The van der Waals surface area contributed by atoms with Gasteiger partial charge in [-0.15, -0.1) is 11.8 Å². The molecule has 0 atom stereocenters. The summed E-state index contributed by atoms with van der Waals surface area (Å²) >= 11 is 1.36. The number of ether oxygens (including phenoxy) is 1. The molecule has 1 amide bonds. The SMILES string of the molecule is O=C(CSCc1coc(-c2ccccc2)n1)NC1(C(=O)O)CCOCC1. The summed E-state index contributed by atoms with van der Waals surface area (Å²) in [7, 11) is 0. The summed E-state index contributed by atoms with van der Waals surface area (Å²) in [6.45, 7) is 0.669. The third-order valence-electron chi connectivity index (χ3n) is 4.19. The summed E-state index contributed by atoms with van der Waals surface area (Å²) in [6, 6.07) is 9.56. The van der Waals surface area contributed by atoms with Gasteiger partial charge in [-0.3, -0.25) is 4.79 Å². The summed E-state index contributed by atoms with van der Waals surface area (Å²) < 4.78 is 10.7. The van der Waals surface area contributed by atoms with Gasteiger partial charge in [0.15, 0.2) is 0 Å². The Hall–Kier alpha value is -2.32. The number of nitrogens with zero attached hydrogens (tertiary/aromatic N) is 1. The van der Waals surface area contributed by atoms with Gasteiger partial charge in [0.2, 0.25) is 11.8 Å². The highest BCUT2D eigenvalue weighted by atomic mass is 32.2. The molecule has 0 unspecified atom stereocenters. The van der Waals surface area contributed by atoms with Crippen LogP contribution in [0.5, 0.6) is 0 Å². The number of aromatic nitrogens is 1. The number of nitrogens with one attached hydrogen (secondary N) is 1. The van der Waals surface area contributed by atoms with Crippen LogP contribution >= 0.6 is 11.8 Å². The third kappa shape index (κ3) is 4.44. The molecule has 0 radical (unpaired) electrons. The van der Waals surface area contributed by atoms with E-state index >= 15 is 0 Å². The Morgan fingerprint density at radius 3 is 2.65 bits per heavy atom. The minimum atomic E-state index is -1.22. The minimum Gasteiger partial charge on any atom is -0.480 e. The number of hydrogen-bond donors (Lipinski definition) is 2. The van der Waals surface area contributed by atoms with Crippen LogP contribution < -0.4 is 5.32 Å².